The molecule has 0 saturated carbocycles. The van der Waals surface area contributed by atoms with E-state index in [0.717, 1.165) is 35.6 Å². The van der Waals surface area contributed by atoms with Crippen molar-refractivity contribution in [1.29, 1.82) is 0 Å². The zero-order valence-electron chi connectivity index (χ0n) is 19.7. The molecule has 0 unspecified atom stereocenters. The lowest BCUT2D eigenvalue weighted by molar-refractivity contribution is 0.0949. The number of aryl methyl sites for hydroxylation is 4. The Kier molecular flexibility index (Phi) is 7.58. The maximum Gasteiger partial charge on any atom is 0.254 e. The van der Waals surface area contributed by atoms with Crippen molar-refractivity contribution in [2.75, 3.05) is 13.2 Å². The number of hydrogen-bond donors (Lipinski definition) is 1. The van der Waals surface area contributed by atoms with Crippen LogP contribution < -0.4 is 10.1 Å². The number of hydrogen-bond acceptors (Lipinski definition) is 3. The summed E-state index contributed by atoms with van der Waals surface area (Å²) in [7, 11) is 0. The predicted octanol–water partition coefficient (Wildman–Crippen LogP) is 5.62. The Morgan fingerprint density at radius 3 is 2.53 bits per heavy atom. The molecule has 0 atom stereocenters. The largest absolute Gasteiger partial charge is 0.494 e. The minimum atomic E-state index is -0.509. The van der Waals surface area contributed by atoms with Crippen LogP contribution in [-0.4, -0.2) is 28.6 Å². The summed E-state index contributed by atoms with van der Waals surface area (Å²) in [4.78, 5) is 17.0. The Labute approximate surface area is 199 Å². The summed E-state index contributed by atoms with van der Waals surface area (Å²) in [6.07, 6.45) is 2.27. The quantitative estimate of drug-likeness (QED) is 0.313. The summed E-state index contributed by atoms with van der Waals surface area (Å²) in [6, 6.07) is 20.4. The number of nitrogens with one attached hydrogen (secondary N) is 1. The zero-order chi connectivity index (χ0) is 23.9. The molecule has 0 spiro atoms. The molecule has 0 aliphatic rings. The molecule has 34 heavy (non-hydrogen) atoms. The molecule has 1 heterocycles. The van der Waals surface area contributed by atoms with Crippen LogP contribution in [0.2, 0.25) is 0 Å². The summed E-state index contributed by atoms with van der Waals surface area (Å²) in [5.74, 6) is 0.978. The van der Waals surface area contributed by atoms with Crippen LogP contribution in [0.5, 0.6) is 5.75 Å². The molecule has 0 saturated heterocycles. The van der Waals surface area contributed by atoms with Crippen molar-refractivity contribution >= 4 is 16.9 Å². The molecular formula is C28H30FN3O2. The lowest BCUT2D eigenvalue weighted by atomic mass is 10.1. The number of rotatable bonds is 10. The molecule has 1 amide bonds. The fraction of sp³-hybridized carbons (Fsp3) is 0.286. The van der Waals surface area contributed by atoms with Crippen molar-refractivity contribution in [1.82, 2.24) is 14.9 Å². The maximum absolute atomic E-state index is 13.8. The first kappa shape index (κ1) is 23.5. The van der Waals surface area contributed by atoms with E-state index >= 15 is 0 Å². The van der Waals surface area contributed by atoms with Gasteiger partial charge in [-0.3, -0.25) is 4.79 Å². The van der Waals surface area contributed by atoms with Crippen molar-refractivity contribution in [3.8, 4) is 5.75 Å². The monoisotopic (exact) mass is 459 g/mol. The summed E-state index contributed by atoms with van der Waals surface area (Å²) >= 11 is 0. The van der Waals surface area contributed by atoms with Crippen molar-refractivity contribution in [2.24, 2.45) is 0 Å². The first-order chi connectivity index (χ1) is 16.5. The average molecular weight is 460 g/mol. The van der Waals surface area contributed by atoms with E-state index < -0.39 is 11.7 Å². The van der Waals surface area contributed by atoms with E-state index in [9.17, 15) is 9.18 Å². The highest BCUT2D eigenvalue weighted by Crippen LogP contribution is 2.19. The van der Waals surface area contributed by atoms with E-state index in [2.05, 4.69) is 48.0 Å². The molecule has 0 bridgehead atoms. The van der Waals surface area contributed by atoms with Gasteiger partial charge in [0.15, 0.2) is 0 Å². The third-order valence-electron chi connectivity index (χ3n) is 5.70. The van der Waals surface area contributed by atoms with Gasteiger partial charge in [0, 0.05) is 19.5 Å². The molecule has 0 radical (unpaired) electrons. The number of halogens is 1. The fourth-order valence-electron chi connectivity index (χ4n) is 4.18. The molecule has 1 N–H and O–H groups in total. The van der Waals surface area contributed by atoms with Gasteiger partial charge in [0.2, 0.25) is 0 Å². The zero-order valence-corrected chi connectivity index (χ0v) is 19.7. The topological polar surface area (TPSA) is 56.1 Å². The summed E-state index contributed by atoms with van der Waals surface area (Å²) in [5.41, 5.74) is 4.51. The van der Waals surface area contributed by atoms with Crippen molar-refractivity contribution in [3.05, 3.63) is 95.1 Å². The van der Waals surface area contributed by atoms with E-state index in [1.807, 2.05) is 18.2 Å². The third-order valence-corrected chi connectivity index (χ3v) is 5.70. The molecule has 0 aliphatic carbocycles. The highest BCUT2D eigenvalue weighted by atomic mass is 19.1. The molecule has 1 aromatic heterocycles. The van der Waals surface area contributed by atoms with Gasteiger partial charge in [-0.1, -0.05) is 30.3 Å². The summed E-state index contributed by atoms with van der Waals surface area (Å²) in [5, 5.41) is 2.81. The average Bonchev–Trinajstić information content (AvgIpc) is 3.16. The number of nitrogens with zero attached hydrogens (tertiary/aromatic N) is 2. The molecule has 5 nitrogen and oxygen atoms in total. The second-order valence-electron chi connectivity index (χ2n) is 8.53. The van der Waals surface area contributed by atoms with Crippen molar-refractivity contribution < 1.29 is 13.9 Å². The van der Waals surface area contributed by atoms with Crippen molar-refractivity contribution in [3.63, 3.8) is 0 Å². The minimum Gasteiger partial charge on any atom is -0.494 e. The van der Waals surface area contributed by atoms with Gasteiger partial charge in [-0.2, -0.15) is 0 Å². The van der Waals surface area contributed by atoms with E-state index in [1.54, 1.807) is 12.1 Å². The SMILES string of the molecule is Cc1cc(C)cc(OCCCn2c(CCCNC(=O)c3ccccc3F)nc3ccccc32)c1. The lowest BCUT2D eigenvalue weighted by Gasteiger charge is -2.12. The smallest absolute Gasteiger partial charge is 0.254 e. The fourth-order valence-corrected chi connectivity index (χ4v) is 4.18. The predicted molar refractivity (Wildman–Crippen MR) is 133 cm³/mol. The molecule has 3 aromatic carbocycles. The second kappa shape index (κ2) is 11.0. The number of ether oxygens (including phenoxy) is 1. The maximum atomic E-state index is 13.8. The van der Waals surface area contributed by atoms with Gasteiger partial charge in [-0.05, 0) is 74.2 Å². The van der Waals surface area contributed by atoms with Crippen LogP contribution >= 0.6 is 0 Å². The Bertz CT molecular complexity index is 1260. The number of imidazole rings is 1. The van der Waals surface area contributed by atoms with Crippen LogP contribution in [0.25, 0.3) is 11.0 Å². The van der Waals surface area contributed by atoms with E-state index in [-0.39, 0.29) is 5.56 Å². The Hall–Kier alpha value is -3.67. The van der Waals surface area contributed by atoms with Crippen LogP contribution in [0.3, 0.4) is 0 Å². The molecule has 4 aromatic rings. The number of para-hydroxylation sites is 2. The van der Waals surface area contributed by atoms with Gasteiger partial charge >= 0.3 is 0 Å². The number of carbonyl (C=O) groups is 1. The number of amides is 1. The van der Waals surface area contributed by atoms with Gasteiger partial charge in [-0.25, -0.2) is 9.37 Å². The van der Waals surface area contributed by atoms with Crippen LogP contribution in [0.1, 0.15) is 40.2 Å². The van der Waals surface area contributed by atoms with Crippen LogP contribution in [0, 0.1) is 19.7 Å². The van der Waals surface area contributed by atoms with Gasteiger partial charge in [0.05, 0.1) is 23.2 Å². The highest BCUT2D eigenvalue weighted by molar-refractivity contribution is 5.94. The van der Waals surface area contributed by atoms with Gasteiger partial charge in [0.25, 0.3) is 5.91 Å². The standard InChI is InChI=1S/C28H30FN3O2/c1-20-17-21(2)19-22(18-20)34-16-8-15-32-26-12-6-5-11-25(26)31-27(32)13-7-14-30-28(33)23-9-3-4-10-24(23)29/h3-6,9-12,17-19H,7-8,13-16H2,1-2H3,(H,30,33). The number of benzene rings is 3. The van der Waals surface area contributed by atoms with E-state index in [4.69, 9.17) is 9.72 Å². The lowest BCUT2D eigenvalue weighted by Crippen LogP contribution is -2.25. The second-order valence-corrected chi connectivity index (χ2v) is 8.53. The van der Waals surface area contributed by atoms with Crippen LogP contribution in [-0.2, 0) is 13.0 Å². The Morgan fingerprint density at radius 2 is 1.74 bits per heavy atom. The van der Waals surface area contributed by atoms with Crippen molar-refractivity contribution in [2.45, 2.75) is 39.7 Å². The highest BCUT2D eigenvalue weighted by Gasteiger charge is 2.12. The Morgan fingerprint density at radius 1 is 1.00 bits per heavy atom. The molecule has 6 heteroatoms. The van der Waals surface area contributed by atoms with Gasteiger partial charge in [-0.15, -0.1) is 0 Å². The first-order valence-electron chi connectivity index (χ1n) is 11.7. The summed E-state index contributed by atoms with van der Waals surface area (Å²) in [6.45, 7) is 6.01. The molecule has 0 aliphatic heterocycles. The third kappa shape index (κ3) is 5.81. The number of carbonyl (C=O) groups excluding carboxylic acids is 1. The molecule has 4 rings (SSSR count). The van der Waals surface area contributed by atoms with E-state index in [0.29, 0.717) is 26.0 Å². The summed E-state index contributed by atoms with van der Waals surface area (Å²) < 4.78 is 22.0. The van der Waals surface area contributed by atoms with Crippen LogP contribution in [0.4, 0.5) is 4.39 Å². The first-order valence-corrected chi connectivity index (χ1v) is 11.7. The van der Waals surface area contributed by atoms with Gasteiger partial charge in [0.1, 0.15) is 17.4 Å². The molecular weight excluding hydrogens is 429 g/mol. The molecule has 0 fully saturated rings. The number of aromatic nitrogens is 2. The normalized spacial score (nSPS) is 11.0. The van der Waals surface area contributed by atoms with Gasteiger partial charge < -0.3 is 14.6 Å². The van der Waals surface area contributed by atoms with Crippen LogP contribution in [0.15, 0.2) is 66.7 Å². The number of fused-ring (bicyclic) bond motifs is 1. The van der Waals surface area contributed by atoms with E-state index in [1.165, 1.54) is 23.3 Å². The minimum absolute atomic E-state index is 0.0681. The molecule has 176 valence electrons. The Balaban J connectivity index is 1.34.